The van der Waals surface area contributed by atoms with Crippen LogP contribution >= 0.6 is 12.4 Å². The normalized spacial score (nSPS) is 16.3. The Morgan fingerprint density at radius 1 is 1.07 bits per heavy atom. The lowest BCUT2D eigenvalue weighted by Crippen LogP contribution is -2.29. The predicted molar refractivity (Wildman–Crippen MR) is 59.7 cm³/mol. The van der Waals surface area contributed by atoms with E-state index in [1.807, 2.05) is 30.3 Å². The van der Waals surface area contributed by atoms with Crippen molar-refractivity contribution in [2.45, 2.75) is 31.7 Å². The van der Waals surface area contributed by atoms with Gasteiger partial charge in [-0.05, 0) is 25.0 Å². The first-order chi connectivity index (χ1) is 6.45. The predicted octanol–water partition coefficient (Wildman–Crippen LogP) is 2.93. The van der Waals surface area contributed by atoms with Crippen LogP contribution in [0.4, 0.5) is 0 Å². The van der Waals surface area contributed by atoms with Gasteiger partial charge in [-0.15, -0.1) is 12.4 Å². The van der Waals surface area contributed by atoms with Gasteiger partial charge in [0.25, 0.3) is 0 Å². The van der Waals surface area contributed by atoms with Gasteiger partial charge in [0.1, 0.15) is 5.75 Å². The highest BCUT2D eigenvalue weighted by Crippen LogP contribution is 2.18. The fourth-order valence-corrected chi connectivity index (χ4v) is 1.68. The van der Waals surface area contributed by atoms with Crippen LogP contribution in [0.5, 0.6) is 5.75 Å². The minimum Gasteiger partial charge on any atom is -0.408 e. The van der Waals surface area contributed by atoms with Crippen LogP contribution in [0, 0.1) is 0 Å². The molecule has 0 atom stereocenters. The van der Waals surface area contributed by atoms with Gasteiger partial charge in [0.2, 0.25) is 0 Å². The second-order valence-electron chi connectivity index (χ2n) is 3.51. The Morgan fingerprint density at radius 3 is 2.36 bits per heavy atom. The summed E-state index contributed by atoms with van der Waals surface area (Å²) in [6.07, 6.45) is 5.14. The van der Waals surface area contributed by atoms with Crippen molar-refractivity contribution in [2.24, 2.45) is 0 Å². The van der Waals surface area contributed by atoms with Gasteiger partial charge >= 0.3 is 0 Å². The molecule has 0 aromatic heterocycles. The molecule has 0 aliphatic heterocycles. The molecule has 0 bridgehead atoms. The van der Waals surface area contributed by atoms with E-state index in [2.05, 4.69) is 5.48 Å². The molecular weight excluding hydrogens is 198 g/mol. The molecule has 14 heavy (non-hydrogen) atoms. The molecule has 0 heterocycles. The highest BCUT2D eigenvalue weighted by atomic mass is 35.5. The lowest BCUT2D eigenvalue weighted by Gasteiger charge is -2.12. The minimum atomic E-state index is 0. The largest absolute Gasteiger partial charge is 0.408 e. The highest BCUT2D eigenvalue weighted by Gasteiger charge is 2.14. The van der Waals surface area contributed by atoms with Gasteiger partial charge in [-0.3, -0.25) is 0 Å². The monoisotopic (exact) mass is 213 g/mol. The summed E-state index contributed by atoms with van der Waals surface area (Å²) in [6.45, 7) is 0. The maximum Gasteiger partial charge on any atom is 0.147 e. The molecule has 1 aliphatic rings. The zero-order chi connectivity index (χ0) is 8.93. The van der Waals surface area contributed by atoms with Crippen molar-refractivity contribution in [3.05, 3.63) is 30.3 Å². The zero-order valence-electron chi connectivity index (χ0n) is 8.11. The SMILES string of the molecule is Cl.c1ccc(ONC2CCCC2)cc1. The molecule has 0 spiro atoms. The summed E-state index contributed by atoms with van der Waals surface area (Å²) < 4.78 is 0. The fourth-order valence-electron chi connectivity index (χ4n) is 1.68. The van der Waals surface area contributed by atoms with Gasteiger partial charge in [-0.25, -0.2) is 0 Å². The number of hydroxylamine groups is 1. The van der Waals surface area contributed by atoms with E-state index in [0.29, 0.717) is 6.04 Å². The van der Waals surface area contributed by atoms with Crippen molar-refractivity contribution in [1.82, 2.24) is 5.48 Å². The van der Waals surface area contributed by atoms with Crippen LogP contribution in [0.15, 0.2) is 30.3 Å². The lowest BCUT2D eigenvalue weighted by molar-refractivity contribution is 0.156. The maximum absolute atomic E-state index is 5.44. The Kier molecular flexibility index (Phi) is 4.77. The van der Waals surface area contributed by atoms with Crippen molar-refractivity contribution in [2.75, 3.05) is 0 Å². The quantitative estimate of drug-likeness (QED) is 0.780. The molecule has 1 aromatic rings. The van der Waals surface area contributed by atoms with Gasteiger partial charge in [0.05, 0.1) is 0 Å². The molecule has 78 valence electrons. The Balaban J connectivity index is 0.000000980. The summed E-state index contributed by atoms with van der Waals surface area (Å²) >= 11 is 0. The third-order valence-corrected chi connectivity index (χ3v) is 2.44. The number of hydrogen-bond donors (Lipinski definition) is 1. The van der Waals surface area contributed by atoms with Crippen molar-refractivity contribution in [1.29, 1.82) is 0 Å². The maximum atomic E-state index is 5.44. The van der Waals surface area contributed by atoms with Crippen LogP contribution in [0.1, 0.15) is 25.7 Å². The Labute approximate surface area is 91.0 Å². The van der Waals surface area contributed by atoms with Crippen LogP contribution in [-0.4, -0.2) is 6.04 Å². The summed E-state index contributed by atoms with van der Waals surface area (Å²) in [5.74, 6) is 0.898. The van der Waals surface area contributed by atoms with Gasteiger partial charge in [0, 0.05) is 6.04 Å². The summed E-state index contributed by atoms with van der Waals surface area (Å²) in [7, 11) is 0. The number of para-hydroxylation sites is 1. The molecule has 2 nitrogen and oxygen atoms in total. The van der Waals surface area contributed by atoms with Crippen LogP contribution in [0.3, 0.4) is 0 Å². The van der Waals surface area contributed by atoms with Gasteiger partial charge < -0.3 is 4.84 Å². The number of rotatable bonds is 3. The summed E-state index contributed by atoms with van der Waals surface area (Å²) in [6, 6.07) is 10.4. The number of halogens is 1. The van der Waals surface area contributed by atoms with E-state index in [1.165, 1.54) is 25.7 Å². The standard InChI is InChI=1S/C11H15NO.ClH/c1-2-8-11(9-3-1)13-12-10-6-4-5-7-10;/h1-3,8-10,12H,4-7H2;1H. The average Bonchev–Trinajstić information content (AvgIpc) is 2.69. The molecule has 1 N–H and O–H groups in total. The van der Waals surface area contributed by atoms with E-state index in [-0.39, 0.29) is 12.4 Å². The summed E-state index contributed by atoms with van der Waals surface area (Å²) in [5.41, 5.74) is 3.10. The van der Waals surface area contributed by atoms with Crippen LogP contribution < -0.4 is 10.3 Å². The third kappa shape index (κ3) is 3.20. The molecule has 1 fully saturated rings. The van der Waals surface area contributed by atoms with Crippen LogP contribution in [-0.2, 0) is 0 Å². The highest BCUT2D eigenvalue weighted by molar-refractivity contribution is 5.85. The molecule has 2 rings (SSSR count). The van der Waals surface area contributed by atoms with Crippen molar-refractivity contribution in [3.63, 3.8) is 0 Å². The second kappa shape index (κ2) is 5.89. The van der Waals surface area contributed by atoms with E-state index < -0.39 is 0 Å². The Bertz CT molecular complexity index is 247. The number of nitrogens with one attached hydrogen (secondary N) is 1. The fraction of sp³-hybridized carbons (Fsp3) is 0.455. The smallest absolute Gasteiger partial charge is 0.147 e. The van der Waals surface area contributed by atoms with Gasteiger partial charge in [-0.2, -0.15) is 5.48 Å². The topological polar surface area (TPSA) is 21.3 Å². The first-order valence-electron chi connectivity index (χ1n) is 4.92. The zero-order valence-corrected chi connectivity index (χ0v) is 8.93. The average molecular weight is 214 g/mol. The number of benzene rings is 1. The van der Waals surface area contributed by atoms with Gasteiger partial charge in [0.15, 0.2) is 0 Å². The lowest BCUT2D eigenvalue weighted by atomic mass is 10.3. The molecule has 0 amide bonds. The van der Waals surface area contributed by atoms with Gasteiger partial charge in [-0.1, -0.05) is 31.0 Å². The second-order valence-corrected chi connectivity index (χ2v) is 3.51. The molecule has 0 unspecified atom stereocenters. The van der Waals surface area contributed by atoms with E-state index in [4.69, 9.17) is 4.84 Å². The molecule has 3 heteroatoms. The summed E-state index contributed by atoms with van der Waals surface area (Å²) in [5, 5.41) is 0. The van der Waals surface area contributed by atoms with E-state index in [9.17, 15) is 0 Å². The molecule has 1 aromatic carbocycles. The Hall–Kier alpha value is -0.730. The van der Waals surface area contributed by atoms with E-state index >= 15 is 0 Å². The van der Waals surface area contributed by atoms with Crippen LogP contribution in [0.25, 0.3) is 0 Å². The van der Waals surface area contributed by atoms with Crippen molar-refractivity contribution < 1.29 is 4.84 Å². The van der Waals surface area contributed by atoms with E-state index in [0.717, 1.165) is 5.75 Å². The van der Waals surface area contributed by atoms with Crippen LogP contribution in [0.2, 0.25) is 0 Å². The molecule has 0 radical (unpaired) electrons. The Morgan fingerprint density at radius 2 is 1.71 bits per heavy atom. The molecular formula is C11H16ClNO. The summed E-state index contributed by atoms with van der Waals surface area (Å²) in [4.78, 5) is 5.44. The van der Waals surface area contributed by atoms with E-state index in [1.54, 1.807) is 0 Å². The molecule has 0 saturated heterocycles. The molecule has 1 aliphatic carbocycles. The van der Waals surface area contributed by atoms with Crippen molar-refractivity contribution in [3.8, 4) is 5.75 Å². The third-order valence-electron chi connectivity index (χ3n) is 2.44. The van der Waals surface area contributed by atoms with Crippen molar-refractivity contribution >= 4 is 12.4 Å². The minimum absolute atomic E-state index is 0. The first-order valence-corrected chi connectivity index (χ1v) is 4.92. The number of hydrogen-bond acceptors (Lipinski definition) is 2. The first kappa shape index (κ1) is 11.3. The molecule has 1 saturated carbocycles.